The highest BCUT2D eigenvalue weighted by atomic mass is 16.5. The van der Waals surface area contributed by atoms with Gasteiger partial charge in [0.25, 0.3) is 11.1 Å². The van der Waals surface area contributed by atoms with E-state index >= 15 is 0 Å². The lowest BCUT2D eigenvalue weighted by Gasteiger charge is -2.10. The number of aromatic amines is 1. The number of rotatable bonds is 3. The summed E-state index contributed by atoms with van der Waals surface area (Å²) in [4.78, 5) is 34.2. The van der Waals surface area contributed by atoms with Crippen LogP contribution >= 0.6 is 0 Å². The molecule has 7 nitrogen and oxygen atoms in total. The van der Waals surface area contributed by atoms with Gasteiger partial charge in [-0.15, -0.1) is 0 Å². The van der Waals surface area contributed by atoms with Crippen LogP contribution in [0.3, 0.4) is 0 Å². The maximum atomic E-state index is 11.6. The van der Waals surface area contributed by atoms with E-state index in [0.29, 0.717) is 0 Å². The van der Waals surface area contributed by atoms with Crippen molar-refractivity contribution in [2.24, 2.45) is 5.73 Å². The summed E-state index contributed by atoms with van der Waals surface area (Å²) in [6.45, 7) is 3.20. The summed E-state index contributed by atoms with van der Waals surface area (Å²) in [7, 11) is 0. The second kappa shape index (κ2) is 5.15. The SMILES string of the molecule is CCOC(=O)C(=C(C)N)n1[nH]c(=O)ccc1=O. The Hall–Kier alpha value is -2.31. The summed E-state index contributed by atoms with van der Waals surface area (Å²) in [5.74, 6) is -0.767. The molecule has 0 aliphatic heterocycles. The molecular formula is C10H13N3O4. The summed E-state index contributed by atoms with van der Waals surface area (Å²) in [6, 6.07) is 2.11. The van der Waals surface area contributed by atoms with Gasteiger partial charge in [0.1, 0.15) is 0 Å². The van der Waals surface area contributed by atoms with Crippen LogP contribution in [0.5, 0.6) is 0 Å². The zero-order valence-corrected chi connectivity index (χ0v) is 9.52. The van der Waals surface area contributed by atoms with Crippen molar-refractivity contribution in [2.45, 2.75) is 13.8 Å². The molecule has 0 saturated carbocycles. The largest absolute Gasteiger partial charge is 0.461 e. The number of ether oxygens (including phenoxy) is 1. The van der Waals surface area contributed by atoms with Crippen molar-refractivity contribution < 1.29 is 9.53 Å². The van der Waals surface area contributed by atoms with E-state index in [1.807, 2.05) is 0 Å². The Morgan fingerprint density at radius 3 is 2.65 bits per heavy atom. The van der Waals surface area contributed by atoms with Gasteiger partial charge in [0, 0.05) is 17.8 Å². The van der Waals surface area contributed by atoms with E-state index < -0.39 is 17.1 Å². The molecule has 0 radical (unpaired) electrons. The van der Waals surface area contributed by atoms with Crippen molar-refractivity contribution in [3.63, 3.8) is 0 Å². The highest BCUT2D eigenvalue weighted by molar-refractivity contribution is 6.10. The van der Waals surface area contributed by atoms with Gasteiger partial charge in [-0.2, -0.15) is 0 Å². The molecule has 17 heavy (non-hydrogen) atoms. The van der Waals surface area contributed by atoms with Crippen molar-refractivity contribution >= 4 is 11.7 Å². The smallest absolute Gasteiger partial charge is 0.358 e. The summed E-state index contributed by atoms with van der Waals surface area (Å²) in [5, 5.41) is 2.21. The topological polar surface area (TPSA) is 107 Å². The zero-order chi connectivity index (χ0) is 13.0. The molecule has 0 fully saturated rings. The molecule has 0 aromatic carbocycles. The minimum atomic E-state index is -0.767. The molecule has 0 atom stereocenters. The van der Waals surface area contributed by atoms with Crippen molar-refractivity contribution in [2.75, 3.05) is 6.61 Å². The van der Waals surface area contributed by atoms with Crippen LogP contribution in [-0.4, -0.2) is 22.4 Å². The summed E-state index contributed by atoms with van der Waals surface area (Å²) >= 11 is 0. The molecule has 7 heteroatoms. The average Bonchev–Trinajstić information content (AvgIpc) is 2.23. The molecule has 3 N–H and O–H groups in total. The Bertz CT molecular complexity index is 563. The van der Waals surface area contributed by atoms with Gasteiger partial charge in [0.05, 0.1) is 6.61 Å². The third-order valence-electron chi connectivity index (χ3n) is 1.89. The molecule has 0 spiro atoms. The molecule has 92 valence electrons. The van der Waals surface area contributed by atoms with Crippen LogP contribution in [0.4, 0.5) is 0 Å². The van der Waals surface area contributed by atoms with E-state index in [9.17, 15) is 14.4 Å². The first-order valence-electron chi connectivity index (χ1n) is 4.93. The minimum Gasteiger partial charge on any atom is -0.461 e. The summed E-state index contributed by atoms with van der Waals surface area (Å²) in [5.41, 5.74) is 4.31. The number of nitrogens with one attached hydrogen (secondary N) is 1. The minimum absolute atomic E-state index is 0.0763. The number of allylic oxidation sites excluding steroid dienone is 1. The fourth-order valence-electron chi connectivity index (χ4n) is 1.22. The van der Waals surface area contributed by atoms with E-state index in [0.717, 1.165) is 16.8 Å². The number of nitrogens with zero attached hydrogens (tertiary/aromatic N) is 1. The van der Waals surface area contributed by atoms with Crippen LogP contribution in [0.1, 0.15) is 13.8 Å². The van der Waals surface area contributed by atoms with Crippen LogP contribution in [0.25, 0.3) is 5.70 Å². The maximum absolute atomic E-state index is 11.6. The summed E-state index contributed by atoms with van der Waals surface area (Å²) < 4.78 is 5.53. The molecule has 1 aromatic heterocycles. The Morgan fingerprint density at radius 1 is 1.47 bits per heavy atom. The van der Waals surface area contributed by atoms with E-state index in [4.69, 9.17) is 10.5 Å². The lowest BCUT2D eigenvalue weighted by molar-refractivity contribution is -0.136. The van der Waals surface area contributed by atoms with Gasteiger partial charge >= 0.3 is 5.97 Å². The molecular weight excluding hydrogens is 226 g/mol. The number of carbonyl (C=O) groups is 1. The van der Waals surface area contributed by atoms with E-state index in [-0.39, 0.29) is 18.0 Å². The zero-order valence-electron chi connectivity index (χ0n) is 9.52. The van der Waals surface area contributed by atoms with Crippen LogP contribution in [0.15, 0.2) is 27.4 Å². The number of hydrogen-bond acceptors (Lipinski definition) is 5. The molecule has 0 amide bonds. The predicted molar refractivity (Wildman–Crippen MR) is 61.0 cm³/mol. The molecule has 0 unspecified atom stereocenters. The van der Waals surface area contributed by atoms with Gasteiger partial charge < -0.3 is 10.5 Å². The standard InChI is InChI=1S/C10H13N3O4/c1-3-17-10(16)9(6(2)11)13-8(15)5-4-7(14)12-13/h4-5H,3,11H2,1-2H3,(H,12,14). The van der Waals surface area contributed by atoms with Gasteiger partial charge in [-0.25, -0.2) is 9.48 Å². The van der Waals surface area contributed by atoms with Crippen LogP contribution in [0, 0.1) is 0 Å². The van der Waals surface area contributed by atoms with Gasteiger partial charge in [0.15, 0.2) is 5.70 Å². The Labute approximate surface area is 96.5 Å². The monoisotopic (exact) mass is 239 g/mol. The van der Waals surface area contributed by atoms with Crippen LogP contribution < -0.4 is 16.9 Å². The van der Waals surface area contributed by atoms with Gasteiger partial charge in [-0.3, -0.25) is 14.7 Å². The highest BCUT2D eigenvalue weighted by Gasteiger charge is 2.17. The van der Waals surface area contributed by atoms with E-state index in [2.05, 4.69) is 5.10 Å². The Morgan fingerprint density at radius 2 is 2.12 bits per heavy atom. The second-order valence-electron chi connectivity index (χ2n) is 3.24. The van der Waals surface area contributed by atoms with Crippen molar-refractivity contribution in [3.8, 4) is 0 Å². The second-order valence-corrected chi connectivity index (χ2v) is 3.24. The van der Waals surface area contributed by atoms with Gasteiger partial charge in [-0.05, 0) is 13.8 Å². The van der Waals surface area contributed by atoms with Gasteiger partial charge in [0.2, 0.25) is 0 Å². The first-order chi connectivity index (χ1) is 7.97. The third kappa shape index (κ3) is 2.83. The lowest BCUT2D eigenvalue weighted by Crippen LogP contribution is -2.32. The lowest BCUT2D eigenvalue weighted by atomic mass is 10.3. The summed E-state index contributed by atoms with van der Waals surface area (Å²) in [6.07, 6.45) is 0. The Balaban J connectivity index is 3.40. The highest BCUT2D eigenvalue weighted by Crippen LogP contribution is 2.04. The van der Waals surface area contributed by atoms with Crippen molar-refractivity contribution in [1.82, 2.24) is 9.78 Å². The van der Waals surface area contributed by atoms with Gasteiger partial charge in [-0.1, -0.05) is 0 Å². The molecule has 0 aliphatic rings. The van der Waals surface area contributed by atoms with Crippen molar-refractivity contribution in [3.05, 3.63) is 38.5 Å². The molecule has 0 saturated heterocycles. The average molecular weight is 239 g/mol. The quantitative estimate of drug-likeness (QED) is 0.533. The predicted octanol–water partition coefficient (Wildman–Crippen LogP) is -0.753. The van der Waals surface area contributed by atoms with E-state index in [1.54, 1.807) is 6.92 Å². The number of hydrogen-bond donors (Lipinski definition) is 2. The maximum Gasteiger partial charge on any atom is 0.358 e. The number of H-pyrrole nitrogens is 1. The Kier molecular flexibility index (Phi) is 3.86. The van der Waals surface area contributed by atoms with E-state index in [1.165, 1.54) is 6.92 Å². The van der Waals surface area contributed by atoms with Crippen LogP contribution in [-0.2, 0) is 9.53 Å². The molecule has 0 aliphatic carbocycles. The first-order valence-corrected chi connectivity index (χ1v) is 4.93. The molecule has 1 rings (SSSR count). The first kappa shape index (κ1) is 12.8. The fourth-order valence-corrected chi connectivity index (χ4v) is 1.22. The normalized spacial score (nSPS) is 11.9. The molecule has 0 bridgehead atoms. The third-order valence-corrected chi connectivity index (χ3v) is 1.89. The molecule has 1 aromatic rings. The number of nitrogens with two attached hydrogens (primary N) is 1. The number of aromatic nitrogens is 2. The number of carbonyl (C=O) groups excluding carboxylic acids is 1. The molecule has 1 heterocycles. The van der Waals surface area contributed by atoms with Crippen LogP contribution in [0.2, 0.25) is 0 Å². The number of esters is 1. The van der Waals surface area contributed by atoms with Crippen molar-refractivity contribution in [1.29, 1.82) is 0 Å². The fraction of sp³-hybridized carbons (Fsp3) is 0.300.